The molecule has 0 aliphatic heterocycles. The second-order valence-corrected chi connectivity index (χ2v) is 3.50. The standard InChI is InChI=1S/C13H10FNO2/c14-11-5-3-4-10(8-11)9-15(17)12-6-1-2-7-13(12)16/h1-9,16H. The molecule has 0 unspecified atom stereocenters. The van der Waals surface area contributed by atoms with Gasteiger partial charge in [0.15, 0.2) is 12.0 Å². The molecule has 2 aromatic carbocycles. The maximum atomic E-state index is 12.9. The maximum Gasteiger partial charge on any atom is 0.258 e. The van der Waals surface area contributed by atoms with Crippen LogP contribution in [0, 0.1) is 11.0 Å². The summed E-state index contributed by atoms with van der Waals surface area (Å²) in [7, 11) is 0. The Morgan fingerprint density at radius 3 is 2.59 bits per heavy atom. The fourth-order valence-electron chi connectivity index (χ4n) is 1.44. The summed E-state index contributed by atoms with van der Waals surface area (Å²) in [6.07, 6.45) is 1.21. The lowest BCUT2D eigenvalue weighted by molar-refractivity contribution is -0.355. The van der Waals surface area contributed by atoms with Crippen molar-refractivity contribution in [2.45, 2.75) is 0 Å². The van der Waals surface area contributed by atoms with E-state index in [-0.39, 0.29) is 11.4 Å². The van der Waals surface area contributed by atoms with Crippen LogP contribution in [-0.2, 0) is 0 Å². The second kappa shape index (κ2) is 4.65. The molecule has 86 valence electrons. The van der Waals surface area contributed by atoms with Gasteiger partial charge < -0.3 is 10.3 Å². The van der Waals surface area contributed by atoms with Gasteiger partial charge in [-0.3, -0.25) is 0 Å². The largest absolute Gasteiger partial charge is 0.618 e. The molecule has 0 atom stereocenters. The Balaban J connectivity index is 2.38. The molecule has 0 fully saturated rings. The van der Waals surface area contributed by atoms with Crippen LogP contribution in [0.3, 0.4) is 0 Å². The molecule has 3 nitrogen and oxygen atoms in total. The van der Waals surface area contributed by atoms with E-state index in [1.54, 1.807) is 18.2 Å². The van der Waals surface area contributed by atoms with Gasteiger partial charge in [0.25, 0.3) is 5.69 Å². The highest BCUT2D eigenvalue weighted by molar-refractivity contribution is 5.76. The minimum Gasteiger partial charge on any atom is -0.618 e. The van der Waals surface area contributed by atoms with Gasteiger partial charge in [-0.2, -0.15) is 4.74 Å². The first-order valence-electron chi connectivity index (χ1n) is 5.01. The summed E-state index contributed by atoms with van der Waals surface area (Å²) in [4.78, 5) is 0. The van der Waals surface area contributed by atoms with Crippen molar-refractivity contribution in [1.82, 2.24) is 0 Å². The summed E-state index contributed by atoms with van der Waals surface area (Å²) in [6, 6.07) is 11.8. The highest BCUT2D eigenvalue weighted by Crippen LogP contribution is 2.23. The second-order valence-electron chi connectivity index (χ2n) is 3.50. The van der Waals surface area contributed by atoms with Crippen LogP contribution in [0.5, 0.6) is 5.75 Å². The van der Waals surface area contributed by atoms with Crippen LogP contribution in [0.4, 0.5) is 10.1 Å². The van der Waals surface area contributed by atoms with Crippen LogP contribution >= 0.6 is 0 Å². The van der Waals surface area contributed by atoms with E-state index in [9.17, 15) is 14.7 Å². The quantitative estimate of drug-likeness (QED) is 0.374. The third-order valence-corrected chi connectivity index (χ3v) is 2.23. The SMILES string of the molecule is [O-][N+](=Cc1cccc(F)c1)c1ccccc1O. The lowest BCUT2D eigenvalue weighted by Gasteiger charge is -2.04. The molecule has 2 rings (SSSR count). The summed E-state index contributed by atoms with van der Waals surface area (Å²) in [5.74, 6) is -0.528. The van der Waals surface area contributed by atoms with E-state index in [1.165, 1.54) is 36.5 Å². The van der Waals surface area contributed by atoms with Gasteiger partial charge in [-0.15, -0.1) is 0 Å². The monoisotopic (exact) mass is 231 g/mol. The summed E-state index contributed by atoms with van der Waals surface area (Å²) in [5.41, 5.74) is 0.556. The van der Waals surface area contributed by atoms with Gasteiger partial charge in [-0.25, -0.2) is 4.39 Å². The molecule has 0 radical (unpaired) electrons. The molecule has 17 heavy (non-hydrogen) atoms. The molecule has 0 saturated heterocycles. The molecule has 0 spiro atoms. The highest BCUT2D eigenvalue weighted by atomic mass is 19.1. The van der Waals surface area contributed by atoms with Crippen molar-refractivity contribution < 1.29 is 14.2 Å². The number of phenols is 1. The van der Waals surface area contributed by atoms with Gasteiger partial charge in [0, 0.05) is 11.6 Å². The Kier molecular flexibility index (Phi) is 3.05. The smallest absolute Gasteiger partial charge is 0.258 e. The Bertz CT molecular complexity index is 567. The summed E-state index contributed by atoms with van der Waals surface area (Å²) >= 11 is 0. The molecule has 0 aromatic heterocycles. The van der Waals surface area contributed by atoms with Crippen molar-refractivity contribution in [1.29, 1.82) is 0 Å². The van der Waals surface area contributed by atoms with E-state index < -0.39 is 5.82 Å². The molecule has 0 bridgehead atoms. The third kappa shape index (κ3) is 2.60. The first-order valence-corrected chi connectivity index (χ1v) is 5.01. The summed E-state index contributed by atoms with van der Waals surface area (Å²) < 4.78 is 13.4. The van der Waals surface area contributed by atoms with Crippen molar-refractivity contribution in [3.05, 3.63) is 65.1 Å². The molecule has 2 aromatic rings. The average Bonchev–Trinajstić information content (AvgIpc) is 2.29. The minimum absolute atomic E-state index is 0.116. The molecular formula is C13H10FNO2. The van der Waals surface area contributed by atoms with Gasteiger partial charge in [0.05, 0.1) is 0 Å². The highest BCUT2D eigenvalue weighted by Gasteiger charge is 2.07. The predicted molar refractivity (Wildman–Crippen MR) is 63.0 cm³/mol. The molecule has 0 amide bonds. The molecule has 0 aliphatic carbocycles. The van der Waals surface area contributed by atoms with Crippen LogP contribution in [0.1, 0.15) is 5.56 Å². The van der Waals surface area contributed by atoms with Crippen LogP contribution in [0.2, 0.25) is 0 Å². The number of benzene rings is 2. The Labute approximate surface area is 97.7 Å². The van der Waals surface area contributed by atoms with E-state index in [1.807, 2.05) is 0 Å². The zero-order valence-electron chi connectivity index (χ0n) is 8.88. The lowest BCUT2D eigenvalue weighted by atomic mass is 10.2. The van der Waals surface area contributed by atoms with Gasteiger partial charge in [-0.05, 0) is 24.3 Å². The number of halogens is 1. The molecule has 4 heteroatoms. The molecule has 0 aliphatic rings. The van der Waals surface area contributed by atoms with Gasteiger partial charge in [0.2, 0.25) is 0 Å². The van der Waals surface area contributed by atoms with Crippen molar-refractivity contribution in [2.24, 2.45) is 0 Å². The van der Waals surface area contributed by atoms with Crippen molar-refractivity contribution in [3.63, 3.8) is 0 Å². The number of nitrogens with zero attached hydrogens (tertiary/aromatic N) is 1. The number of hydrogen-bond donors (Lipinski definition) is 1. The molecule has 1 N–H and O–H groups in total. The topological polar surface area (TPSA) is 46.3 Å². The number of aromatic hydroxyl groups is 1. The zero-order valence-corrected chi connectivity index (χ0v) is 8.88. The predicted octanol–water partition coefficient (Wildman–Crippen LogP) is 2.79. The van der Waals surface area contributed by atoms with E-state index in [0.29, 0.717) is 10.3 Å². The number of para-hydroxylation sites is 2. The average molecular weight is 231 g/mol. The van der Waals surface area contributed by atoms with Crippen molar-refractivity contribution in [3.8, 4) is 5.75 Å². The fraction of sp³-hybridized carbons (Fsp3) is 0. The summed E-state index contributed by atoms with van der Waals surface area (Å²) in [5, 5.41) is 21.2. The molecular weight excluding hydrogens is 221 g/mol. The minimum atomic E-state index is -0.413. The van der Waals surface area contributed by atoms with Crippen molar-refractivity contribution >= 4 is 11.9 Å². The van der Waals surface area contributed by atoms with Crippen LogP contribution in [-0.4, -0.2) is 16.1 Å². The van der Waals surface area contributed by atoms with Gasteiger partial charge >= 0.3 is 0 Å². The maximum absolute atomic E-state index is 12.9. The van der Waals surface area contributed by atoms with Crippen LogP contribution < -0.4 is 0 Å². The van der Waals surface area contributed by atoms with Crippen molar-refractivity contribution in [2.75, 3.05) is 0 Å². The van der Waals surface area contributed by atoms with Gasteiger partial charge in [0.1, 0.15) is 5.82 Å². The van der Waals surface area contributed by atoms with Crippen LogP contribution in [0.25, 0.3) is 0 Å². The number of hydrogen-bond acceptors (Lipinski definition) is 2. The molecule has 0 saturated carbocycles. The van der Waals surface area contributed by atoms with Crippen LogP contribution in [0.15, 0.2) is 48.5 Å². The van der Waals surface area contributed by atoms with E-state index in [2.05, 4.69) is 0 Å². The molecule has 0 heterocycles. The zero-order chi connectivity index (χ0) is 12.3. The van der Waals surface area contributed by atoms with E-state index >= 15 is 0 Å². The Morgan fingerprint density at radius 1 is 1.12 bits per heavy atom. The van der Waals surface area contributed by atoms with Gasteiger partial charge in [-0.1, -0.05) is 18.2 Å². The first-order chi connectivity index (χ1) is 8.16. The summed E-state index contributed by atoms with van der Waals surface area (Å²) in [6.45, 7) is 0. The Hall–Kier alpha value is -2.36. The fourth-order valence-corrected chi connectivity index (χ4v) is 1.44. The number of rotatable bonds is 2. The normalized spacial score (nSPS) is 11.5. The van der Waals surface area contributed by atoms with E-state index in [0.717, 1.165) is 0 Å². The first kappa shape index (κ1) is 11.1. The lowest BCUT2D eigenvalue weighted by Crippen LogP contribution is -1.99. The Morgan fingerprint density at radius 2 is 1.88 bits per heavy atom. The third-order valence-electron chi connectivity index (χ3n) is 2.23. The number of phenolic OH excluding ortho intramolecular Hbond substituents is 1. The van der Waals surface area contributed by atoms with E-state index in [4.69, 9.17) is 0 Å².